The van der Waals surface area contributed by atoms with Crippen molar-refractivity contribution in [3.8, 4) is 0 Å². The maximum absolute atomic E-state index is 13.8. The maximum atomic E-state index is 13.8. The summed E-state index contributed by atoms with van der Waals surface area (Å²) in [6.45, 7) is 12.2. The molecular weight excluding hydrogens is 461 g/mol. The van der Waals surface area contributed by atoms with E-state index in [1.165, 1.54) is 12.1 Å². The third kappa shape index (κ3) is 3.27. The molecule has 1 aromatic carbocycles. The van der Waals surface area contributed by atoms with Crippen molar-refractivity contribution in [1.29, 1.82) is 0 Å². The molecule has 1 aliphatic heterocycles. The summed E-state index contributed by atoms with van der Waals surface area (Å²) < 4.78 is 20.0. The Morgan fingerprint density at radius 1 is 1.25 bits per heavy atom. The van der Waals surface area contributed by atoms with Crippen molar-refractivity contribution < 1.29 is 28.6 Å². The number of hydrogen-bond acceptors (Lipinski definition) is 5. The van der Waals surface area contributed by atoms with Gasteiger partial charge < -0.3 is 9.84 Å². The number of Topliss-reactive ketones (excluding diaryl/α,β-unsaturated/α-hetero) is 1. The maximum Gasteiger partial charge on any atom is 0.417 e. The summed E-state index contributed by atoms with van der Waals surface area (Å²) in [5.41, 5.74) is -1.06. The predicted molar refractivity (Wildman–Crippen MR) is 131 cm³/mol. The Kier molecular flexibility index (Phi) is 5.75. The molecule has 2 bridgehead atoms. The highest BCUT2D eigenvalue weighted by Crippen LogP contribution is 2.68. The fraction of sp³-hybridized carbons (Fsp3) is 0.621. The van der Waals surface area contributed by atoms with Crippen LogP contribution in [0.5, 0.6) is 0 Å². The fourth-order valence-corrected chi connectivity index (χ4v) is 8.11. The first-order chi connectivity index (χ1) is 16.9. The molecule has 7 heteroatoms. The Morgan fingerprint density at radius 2 is 1.97 bits per heavy atom. The van der Waals surface area contributed by atoms with Gasteiger partial charge in [-0.1, -0.05) is 39.8 Å². The lowest BCUT2D eigenvalue weighted by atomic mass is 9.44. The molecule has 0 saturated heterocycles. The van der Waals surface area contributed by atoms with Gasteiger partial charge in [0.05, 0.1) is 12.6 Å². The second-order valence-electron chi connectivity index (χ2n) is 12.2. The number of ether oxygens (including phenoxy) is 1. The number of hydrogen-bond donors (Lipinski definition) is 1. The van der Waals surface area contributed by atoms with E-state index in [9.17, 15) is 23.9 Å². The zero-order valence-electron chi connectivity index (χ0n) is 21.6. The highest BCUT2D eigenvalue weighted by atomic mass is 19.1. The summed E-state index contributed by atoms with van der Waals surface area (Å²) in [5, 5.41) is 11.6. The second-order valence-corrected chi connectivity index (χ2v) is 12.2. The van der Waals surface area contributed by atoms with Crippen LogP contribution in [0.25, 0.3) is 0 Å². The number of benzene rings is 1. The molecule has 194 valence electrons. The van der Waals surface area contributed by atoms with Crippen LogP contribution in [0.1, 0.15) is 75.7 Å². The van der Waals surface area contributed by atoms with Crippen molar-refractivity contribution >= 4 is 17.8 Å². The molecule has 36 heavy (non-hydrogen) atoms. The number of carbonyl (C=O) groups excluding carboxylic acids is 3. The molecule has 8 atom stereocenters. The molecule has 0 unspecified atom stereocenters. The molecule has 5 rings (SSSR count). The van der Waals surface area contributed by atoms with E-state index in [1.807, 2.05) is 6.92 Å². The van der Waals surface area contributed by atoms with E-state index < -0.39 is 40.9 Å². The predicted octanol–water partition coefficient (Wildman–Crippen LogP) is 5.28. The Balaban J connectivity index is 1.55. The number of ketones is 1. The number of aliphatic hydroxyl groups is 1. The molecule has 2 amide bonds. The van der Waals surface area contributed by atoms with Gasteiger partial charge in [0.15, 0.2) is 0 Å². The Bertz CT molecular complexity index is 1150. The van der Waals surface area contributed by atoms with Crippen LogP contribution in [0.4, 0.5) is 9.18 Å². The normalized spacial score (nSPS) is 41.8. The third-order valence-corrected chi connectivity index (χ3v) is 10.6. The zero-order chi connectivity index (χ0) is 26.2. The smallest absolute Gasteiger partial charge is 0.417 e. The summed E-state index contributed by atoms with van der Waals surface area (Å²) in [4.78, 5) is 41.0. The summed E-state index contributed by atoms with van der Waals surface area (Å²) >= 11 is 0. The molecule has 1 N–H and O–H groups in total. The number of rotatable bonds is 2. The molecule has 0 spiro atoms. The van der Waals surface area contributed by atoms with Gasteiger partial charge in [-0.05, 0) is 60.6 Å². The lowest BCUT2D eigenvalue weighted by Gasteiger charge is -2.61. The average Bonchev–Trinajstić information content (AvgIpc) is 3.37. The van der Waals surface area contributed by atoms with E-state index in [-0.39, 0.29) is 47.5 Å². The molecule has 3 fully saturated rings. The Hall–Kier alpha value is -2.54. The average molecular weight is 498 g/mol. The third-order valence-electron chi connectivity index (χ3n) is 10.6. The number of nitrogens with zero attached hydrogens (tertiary/aromatic N) is 1. The monoisotopic (exact) mass is 497 g/mol. The second kappa shape index (κ2) is 8.23. The van der Waals surface area contributed by atoms with Crippen molar-refractivity contribution in [3.05, 3.63) is 47.8 Å². The quantitative estimate of drug-likeness (QED) is 0.562. The lowest BCUT2D eigenvalue weighted by molar-refractivity contribution is -0.192. The van der Waals surface area contributed by atoms with E-state index in [0.29, 0.717) is 12.0 Å². The standard InChI is InChI=1S/C29H36FNO5/c1-6-27(4)14-22(36-26(35)31-15-18-7-8-19(30)13-20(18)25(31)34)28(5)16(2)9-11-29(17(3)24(27)33)12-10-21(32)23(28)29/h6-8,13,16-17,22-24,33H,1,9-12,14-15H2,2-5H3/t16-,17+,22-,23+,24+,27-,28+,29+/m1/s1. The molecule has 4 aliphatic rings. The van der Waals surface area contributed by atoms with Crippen LogP contribution in [0.3, 0.4) is 0 Å². The van der Waals surface area contributed by atoms with Crippen LogP contribution < -0.4 is 0 Å². The number of imide groups is 1. The van der Waals surface area contributed by atoms with Crippen molar-refractivity contribution in [3.63, 3.8) is 0 Å². The van der Waals surface area contributed by atoms with E-state index in [0.717, 1.165) is 30.2 Å². The molecule has 1 aromatic rings. The van der Waals surface area contributed by atoms with Crippen molar-refractivity contribution in [2.75, 3.05) is 0 Å². The van der Waals surface area contributed by atoms with E-state index >= 15 is 0 Å². The minimum Gasteiger partial charge on any atom is -0.445 e. The topological polar surface area (TPSA) is 83.9 Å². The molecule has 0 aromatic heterocycles. The van der Waals surface area contributed by atoms with Crippen LogP contribution in [0.2, 0.25) is 0 Å². The largest absolute Gasteiger partial charge is 0.445 e. The van der Waals surface area contributed by atoms with Gasteiger partial charge in [-0.25, -0.2) is 14.1 Å². The molecule has 6 nitrogen and oxygen atoms in total. The highest BCUT2D eigenvalue weighted by Gasteiger charge is 2.68. The van der Waals surface area contributed by atoms with Gasteiger partial charge in [-0.2, -0.15) is 0 Å². The first-order valence-electron chi connectivity index (χ1n) is 13.0. The zero-order valence-corrected chi connectivity index (χ0v) is 21.6. The summed E-state index contributed by atoms with van der Waals surface area (Å²) in [5.74, 6) is -1.33. The number of amides is 2. The van der Waals surface area contributed by atoms with Gasteiger partial charge in [-0.3, -0.25) is 9.59 Å². The molecule has 1 heterocycles. The van der Waals surface area contributed by atoms with Gasteiger partial charge in [0, 0.05) is 28.7 Å². The number of fused-ring (bicyclic) bond motifs is 1. The fourth-order valence-electron chi connectivity index (χ4n) is 8.11. The van der Waals surface area contributed by atoms with Gasteiger partial charge in [-0.15, -0.1) is 6.58 Å². The Labute approximate surface area is 211 Å². The number of halogens is 1. The number of aliphatic hydroxyl groups excluding tert-OH is 1. The summed E-state index contributed by atoms with van der Waals surface area (Å²) in [6.07, 6.45) is 2.64. The first kappa shape index (κ1) is 25.1. The SMILES string of the molecule is C=C[C@]1(C)C[C@@H](OC(=O)N2Cc3ccc(F)cc3C2=O)[C@]2(C)[C@H](C)CC[C@]3(CCC(=O)[C@H]32)[C@@H](C)[C@@H]1O. The van der Waals surface area contributed by atoms with Crippen molar-refractivity contribution in [2.24, 2.45) is 34.0 Å². The van der Waals surface area contributed by atoms with Crippen LogP contribution in [-0.2, 0) is 16.1 Å². The van der Waals surface area contributed by atoms with Crippen molar-refractivity contribution in [2.45, 2.75) is 78.6 Å². The summed E-state index contributed by atoms with van der Waals surface area (Å²) in [7, 11) is 0. The minimum absolute atomic E-state index is 0.0109. The first-order valence-corrected chi connectivity index (χ1v) is 13.0. The molecule has 3 saturated carbocycles. The van der Waals surface area contributed by atoms with Crippen LogP contribution in [0, 0.1) is 39.8 Å². The lowest BCUT2D eigenvalue weighted by Crippen LogP contribution is -2.63. The van der Waals surface area contributed by atoms with Gasteiger partial charge in [0.1, 0.15) is 17.7 Å². The van der Waals surface area contributed by atoms with Gasteiger partial charge >= 0.3 is 6.09 Å². The summed E-state index contributed by atoms with van der Waals surface area (Å²) in [6, 6.07) is 3.92. The van der Waals surface area contributed by atoms with Crippen LogP contribution >= 0.6 is 0 Å². The van der Waals surface area contributed by atoms with E-state index in [1.54, 1.807) is 6.08 Å². The Morgan fingerprint density at radius 3 is 2.67 bits per heavy atom. The number of carbonyl (C=O) groups is 3. The van der Waals surface area contributed by atoms with E-state index in [4.69, 9.17) is 4.74 Å². The van der Waals surface area contributed by atoms with Crippen LogP contribution in [-0.4, -0.2) is 40.0 Å². The van der Waals surface area contributed by atoms with Gasteiger partial charge in [0.2, 0.25) is 0 Å². The highest BCUT2D eigenvalue weighted by molar-refractivity contribution is 6.06. The molecule has 0 radical (unpaired) electrons. The van der Waals surface area contributed by atoms with E-state index in [2.05, 4.69) is 27.4 Å². The molecular formula is C29H36FNO5. The molecule has 3 aliphatic carbocycles. The van der Waals surface area contributed by atoms with Crippen molar-refractivity contribution in [1.82, 2.24) is 4.90 Å². The van der Waals surface area contributed by atoms with Gasteiger partial charge in [0.25, 0.3) is 5.91 Å². The van der Waals surface area contributed by atoms with Crippen LogP contribution in [0.15, 0.2) is 30.9 Å². The minimum atomic E-state index is -0.800.